The molecule has 0 spiro atoms. The molecule has 1 saturated heterocycles. The lowest BCUT2D eigenvalue weighted by Crippen LogP contribution is -2.49. The van der Waals surface area contributed by atoms with Gasteiger partial charge in [-0.05, 0) is 32.6 Å². The quantitative estimate of drug-likeness (QED) is 0.664. The third-order valence-electron chi connectivity index (χ3n) is 3.06. The smallest absolute Gasteiger partial charge is 0.240 e. The molecule has 1 aliphatic carbocycles. The highest BCUT2D eigenvalue weighted by molar-refractivity contribution is 5.89. The highest BCUT2D eigenvalue weighted by Gasteiger charge is 2.46. The van der Waals surface area contributed by atoms with Crippen LogP contribution in [0.1, 0.15) is 32.6 Å². The van der Waals surface area contributed by atoms with E-state index in [4.69, 9.17) is 10.5 Å². The van der Waals surface area contributed by atoms with Crippen molar-refractivity contribution >= 4 is 5.91 Å². The molecule has 2 unspecified atom stereocenters. The van der Waals surface area contributed by atoms with Crippen LogP contribution < -0.4 is 11.1 Å². The Morgan fingerprint density at radius 2 is 2.29 bits per heavy atom. The zero-order valence-corrected chi connectivity index (χ0v) is 8.58. The first-order valence-corrected chi connectivity index (χ1v) is 5.32. The van der Waals surface area contributed by atoms with Gasteiger partial charge in [0.1, 0.15) is 0 Å². The fourth-order valence-corrected chi connectivity index (χ4v) is 1.82. The number of nitrogens with two attached hydrogens (primary N) is 1. The summed E-state index contributed by atoms with van der Waals surface area (Å²) in [5.41, 5.74) is 5.26. The minimum absolute atomic E-state index is 0.0246. The van der Waals surface area contributed by atoms with E-state index in [1.165, 1.54) is 0 Å². The molecule has 2 fully saturated rings. The molecule has 4 nitrogen and oxygen atoms in total. The Labute approximate surface area is 84.2 Å². The Morgan fingerprint density at radius 3 is 2.86 bits per heavy atom. The zero-order valence-electron chi connectivity index (χ0n) is 8.58. The van der Waals surface area contributed by atoms with Crippen molar-refractivity contribution in [3.8, 4) is 0 Å². The maximum atomic E-state index is 11.6. The summed E-state index contributed by atoms with van der Waals surface area (Å²) >= 11 is 0. The molecular weight excluding hydrogens is 180 g/mol. The van der Waals surface area contributed by atoms with Gasteiger partial charge in [0.05, 0.1) is 11.6 Å². The Bertz CT molecular complexity index is 238. The van der Waals surface area contributed by atoms with E-state index < -0.39 is 5.54 Å². The topological polar surface area (TPSA) is 64.4 Å². The van der Waals surface area contributed by atoms with E-state index in [1.54, 1.807) is 0 Å². The zero-order chi connectivity index (χ0) is 10.2. The molecule has 1 amide bonds. The summed E-state index contributed by atoms with van der Waals surface area (Å²) in [6.45, 7) is 2.78. The van der Waals surface area contributed by atoms with E-state index in [0.717, 1.165) is 32.3 Å². The van der Waals surface area contributed by atoms with Crippen LogP contribution in [0.4, 0.5) is 0 Å². The van der Waals surface area contributed by atoms with Gasteiger partial charge < -0.3 is 15.8 Å². The molecule has 0 bridgehead atoms. The molecule has 0 aromatic rings. The summed E-state index contributed by atoms with van der Waals surface area (Å²) < 4.78 is 5.41. The third-order valence-corrected chi connectivity index (χ3v) is 3.06. The molecule has 4 heteroatoms. The van der Waals surface area contributed by atoms with Crippen LogP contribution >= 0.6 is 0 Å². The van der Waals surface area contributed by atoms with Crippen LogP contribution in [0.15, 0.2) is 0 Å². The third kappa shape index (κ3) is 2.07. The normalized spacial score (nSPS) is 35.0. The van der Waals surface area contributed by atoms with Gasteiger partial charge in [-0.25, -0.2) is 0 Å². The number of hydrogen-bond acceptors (Lipinski definition) is 3. The first kappa shape index (κ1) is 9.93. The van der Waals surface area contributed by atoms with Crippen molar-refractivity contribution in [1.29, 1.82) is 0 Å². The summed E-state index contributed by atoms with van der Waals surface area (Å²) in [4.78, 5) is 11.6. The van der Waals surface area contributed by atoms with E-state index in [-0.39, 0.29) is 18.1 Å². The number of ether oxygens (including phenoxy) is 1. The number of nitrogens with one attached hydrogen (secondary N) is 1. The van der Waals surface area contributed by atoms with Gasteiger partial charge in [0.15, 0.2) is 0 Å². The minimum Gasteiger partial charge on any atom is -0.378 e. The maximum absolute atomic E-state index is 11.6. The van der Waals surface area contributed by atoms with E-state index in [1.807, 2.05) is 6.92 Å². The lowest BCUT2D eigenvalue weighted by atomic mass is 10.0. The van der Waals surface area contributed by atoms with Gasteiger partial charge in [0.2, 0.25) is 5.91 Å². The van der Waals surface area contributed by atoms with Gasteiger partial charge >= 0.3 is 0 Å². The van der Waals surface area contributed by atoms with Crippen LogP contribution in [0.3, 0.4) is 0 Å². The fourth-order valence-electron chi connectivity index (χ4n) is 1.82. The number of amides is 1. The van der Waals surface area contributed by atoms with Crippen molar-refractivity contribution < 1.29 is 9.53 Å². The molecule has 1 heterocycles. The highest BCUT2D eigenvalue weighted by atomic mass is 16.5. The average molecular weight is 198 g/mol. The molecule has 2 aliphatic rings. The number of carbonyl (C=O) groups excluding carboxylic acids is 1. The lowest BCUT2D eigenvalue weighted by molar-refractivity contribution is -0.124. The minimum atomic E-state index is -0.540. The van der Waals surface area contributed by atoms with Crippen molar-refractivity contribution in [3.63, 3.8) is 0 Å². The predicted molar refractivity (Wildman–Crippen MR) is 52.7 cm³/mol. The molecule has 2 atom stereocenters. The summed E-state index contributed by atoms with van der Waals surface area (Å²) in [6.07, 6.45) is 3.73. The average Bonchev–Trinajstić information content (AvgIpc) is 2.85. The van der Waals surface area contributed by atoms with Crippen LogP contribution in [0, 0.1) is 0 Å². The first-order valence-electron chi connectivity index (χ1n) is 5.32. The van der Waals surface area contributed by atoms with Crippen molar-refractivity contribution in [3.05, 3.63) is 0 Å². The number of hydrogen-bond donors (Lipinski definition) is 2. The van der Waals surface area contributed by atoms with Crippen LogP contribution in [0.25, 0.3) is 0 Å². The lowest BCUT2D eigenvalue weighted by Gasteiger charge is -2.28. The van der Waals surface area contributed by atoms with Crippen LogP contribution in [0.5, 0.6) is 0 Å². The van der Waals surface area contributed by atoms with Gasteiger partial charge in [0.25, 0.3) is 0 Å². The van der Waals surface area contributed by atoms with E-state index >= 15 is 0 Å². The predicted octanol–water partition coefficient (Wildman–Crippen LogP) is 0.161. The molecule has 1 saturated carbocycles. The molecular formula is C10H18N2O2. The van der Waals surface area contributed by atoms with Gasteiger partial charge in [0, 0.05) is 12.6 Å². The molecule has 80 valence electrons. The molecule has 3 N–H and O–H groups in total. The molecule has 14 heavy (non-hydrogen) atoms. The SMILES string of the molecule is CC1CC(NC(=O)C2(N)CC2)CCO1. The highest BCUT2D eigenvalue weighted by Crippen LogP contribution is 2.32. The van der Waals surface area contributed by atoms with E-state index in [2.05, 4.69) is 5.32 Å². The van der Waals surface area contributed by atoms with Crippen molar-refractivity contribution in [2.75, 3.05) is 6.61 Å². The summed E-state index contributed by atoms with van der Waals surface area (Å²) in [6, 6.07) is 0.257. The van der Waals surface area contributed by atoms with Crippen LogP contribution in [0.2, 0.25) is 0 Å². The Hall–Kier alpha value is -0.610. The summed E-state index contributed by atoms with van der Waals surface area (Å²) in [7, 11) is 0. The number of carbonyl (C=O) groups is 1. The van der Waals surface area contributed by atoms with Gasteiger partial charge in [-0.15, -0.1) is 0 Å². The molecule has 0 aromatic carbocycles. The second-order valence-electron chi connectivity index (χ2n) is 4.53. The molecule has 0 aromatic heterocycles. The van der Waals surface area contributed by atoms with Gasteiger partial charge in [-0.3, -0.25) is 4.79 Å². The van der Waals surface area contributed by atoms with Crippen molar-refractivity contribution in [2.45, 2.75) is 50.3 Å². The monoisotopic (exact) mass is 198 g/mol. The van der Waals surface area contributed by atoms with Gasteiger partial charge in [-0.1, -0.05) is 0 Å². The molecule has 0 radical (unpaired) electrons. The number of rotatable bonds is 2. The largest absolute Gasteiger partial charge is 0.378 e. The van der Waals surface area contributed by atoms with E-state index in [9.17, 15) is 4.79 Å². The Balaban J connectivity index is 1.81. The Kier molecular flexibility index (Phi) is 2.49. The van der Waals surface area contributed by atoms with Crippen LogP contribution in [-0.4, -0.2) is 30.2 Å². The van der Waals surface area contributed by atoms with Crippen molar-refractivity contribution in [2.24, 2.45) is 5.73 Å². The van der Waals surface area contributed by atoms with Crippen molar-refractivity contribution in [1.82, 2.24) is 5.32 Å². The Morgan fingerprint density at radius 1 is 1.57 bits per heavy atom. The van der Waals surface area contributed by atoms with E-state index in [0.29, 0.717) is 0 Å². The summed E-state index contributed by atoms with van der Waals surface area (Å²) in [5.74, 6) is 0.0246. The standard InChI is InChI=1S/C10H18N2O2/c1-7-6-8(2-5-14-7)12-9(13)10(11)3-4-10/h7-8H,2-6,11H2,1H3,(H,12,13). The maximum Gasteiger partial charge on any atom is 0.240 e. The molecule has 1 aliphatic heterocycles. The first-order chi connectivity index (χ1) is 6.60. The second kappa shape index (κ2) is 3.51. The second-order valence-corrected chi connectivity index (χ2v) is 4.53. The molecule has 2 rings (SSSR count). The van der Waals surface area contributed by atoms with Crippen LogP contribution in [-0.2, 0) is 9.53 Å². The summed E-state index contributed by atoms with van der Waals surface area (Å²) in [5, 5.41) is 3.01. The van der Waals surface area contributed by atoms with Gasteiger partial charge in [-0.2, -0.15) is 0 Å². The fraction of sp³-hybridized carbons (Fsp3) is 0.900.